The van der Waals surface area contributed by atoms with Crippen LogP contribution >= 0.6 is 0 Å². The lowest BCUT2D eigenvalue weighted by Gasteiger charge is -2.13. The molecule has 1 rings (SSSR count). The number of hydrogen-bond acceptors (Lipinski definition) is 4. The topological polar surface area (TPSA) is 76.1 Å². The lowest BCUT2D eigenvalue weighted by atomic mass is 10.3. The summed E-state index contributed by atoms with van der Waals surface area (Å²) < 4.78 is 5.93. The average Bonchev–Trinajstić information content (AvgIpc) is 2.14. The molecule has 2 N–H and O–H groups in total. The van der Waals surface area contributed by atoms with Gasteiger partial charge in [-0.2, -0.15) is 0 Å². The van der Waals surface area contributed by atoms with Crippen LogP contribution in [0.1, 0.15) is 6.92 Å². The van der Waals surface area contributed by atoms with E-state index in [-0.39, 0.29) is 11.6 Å². The lowest BCUT2D eigenvalue weighted by Crippen LogP contribution is -2.34. The van der Waals surface area contributed by atoms with Gasteiger partial charge in [0.15, 0.2) is 0 Å². The number of hydrogen-bond donors (Lipinski definition) is 2. The first-order chi connectivity index (χ1) is 7.04. The molecule has 1 heterocycles. The summed E-state index contributed by atoms with van der Waals surface area (Å²) in [5.74, 6) is 0.410. The molecule has 15 heavy (non-hydrogen) atoms. The van der Waals surface area contributed by atoms with Crippen molar-refractivity contribution in [1.29, 1.82) is 0 Å². The van der Waals surface area contributed by atoms with E-state index in [0.717, 1.165) is 4.57 Å². The molecule has 1 atom stereocenters. The molecule has 84 valence electrons. The maximum absolute atomic E-state index is 11.3. The minimum Gasteiger partial charge on any atom is -0.383 e. The molecule has 0 saturated carbocycles. The van der Waals surface area contributed by atoms with Crippen LogP contribution in [0.2, 0.25) is 0 Å². The van der Waals surface area contributed by atoms with Gasteiger partial charge in [0.1, 0.15) is 5.82 Å². The van der Waals surface area contributed by atoms with Gasteiger partial charge in [-0.3, -0.25) is 14.3 Å². The van der Waals surface area contributed by atoms with Gasteiger partial charge in [-0.25, -0.2) is 4.79 Å². The van der Waals surface area contributed by atoms with E-state index < -0.39 is 5.69 Å². The quantitative estimate of drug-likeness (QED) is 0.708. The molecule has 6 heteroatoms. The van der Waals surface area contributed by atoms with E-state index in [9.17, 15) is 9.59 Å². The molecule has 0 aliphatic heterocycles. The van der Waals surface area contributed by atoms with E-state index in [1.165, 1.54) is 13.1 Å². The summed E-state index contributed by atoms with van der Waals surface area (Å²) in [5.41, 5.74) is -0.777. The van der Waals surface area contributed by atoms with Crippen LogP contribution in [0.15, 0.2) is 15.7 Å². The zero-order valence-corrected chi connectivity index (χ0v) is 9.03. The van der Waals surface area contributed by atoms with Gasteiger partial charge in [-0.1, -0.05) is 0 Å². The first-order valence-electron chi connectivity index (χ1n) is 4.60. The van der Waals surface area contributed by atoms with Crippen LogP contribution in [0.4, 0.5) is 5.82 Å². The van der Waals surface area contributed by atoms with Crippen molar-refractivity contribution in [3.05, 3.63) is 26.9 Å². The predicted octanol–water partition coefficient (Wildman–Crippen LogP) is -0.480. The van der Waals surface area contributed by atoms with Crippen molar-refractivity contribution in [3.8, 4) is 0 Å². The molecule has 0 bridgehead atoms. The summed E-state index contributed by atoms with van der Waals surface area (Å²) in [6, 6.07) is 1.37. The van der Waals surface area contributed by atoms with Gasteiger partial charge in [-0.15, -0.1) is 0 Å². The predicted molar refractivity (Wildman–Crippen MR) is 57.3 cm³/mol. The first-order valence-corrected chi connectivity index (χ1v) is 4.60. The van der Waals surface area contributed by atoms with Crippen LogP contribution in [0.3, 0.4) is 0 Å². The van der Waals surface area contributed by atoms with E-state index in [2.05, 4.69) is 10.3 Å². The number of aromatic amines is 1. The van der Waals surface area contributed by atoms with E-state index in [1.807, 2.05) is 6.92 Å². The fourth-order valence-electron chi connectivity index (χ4n) is 1.19. The summed E-state index contributed by atoms with van der Waals surface area (Å²) in [6.45, 7) is 2.39. The highest BCUT2D eigenvalue weighted by Gasteiger charge is 2.04. The number of ether oxygens (including phenoxy) is 1. The SMILES string of the molecule is COCC(C)Nc1cc(=O)n(C)c(=O)[nH]1. The van der Waals surface area contributed by atoms with Crippen molar-refractivity contribution < 1.29 is 4.74 Å². The summed E-state index contributed by atoms with van der Waals surface area (Å²) in [7, 11) is 3.01. The first kappa shape index (κ1) is 11.5. The Morgan fingerprint density at radius 3 is 2.80 bits per heavy atom. The van der Waals surface area contributed by atoms with Crippen molar-refractivity contribution in [3.63, 3.8) is 0 Å². The van der Waals surface area contributed by atoms with E-state index in [1.54, 1.807) is 7.11 Å². The highest BCUT2D eigenvalue weighted by atomic mass is 16.5. The number of rotatable bonds is 4. The highest BCUT2D eigenvalue weighted by Crippen LogP contribution is 1.97. The Labute approximate surface area is 86.9 Å². The molecule has 1 unspecified atom stereocenters. The average molecular weight is 213 g/mol. The van der Waals surface area contributed by atoms with Crippen LogP contribution < -0.4 is 16.6 Å². The Morgan fingerprint density at radius 1 is 1.60 bits per heavy atom. The molecule has 1 aromatic heterocycles. The van der Waals surface area contributed by atoms with Gasteiger partial charge in [0.2, 0.25) is 0 Å². The molecule has 0 fully saturated rings. The largest absolute Gasteiger partial charge is 0.383 e. The van der Waals surface area contributed by atoms with Crippen molar-refractivity contribution >= 4 is 5.82 Å². The summed E-state index contributed by atoms with van der Waals surface area (Å²) in [6.07, 6.45) is 0. The highest BCUT2D eigenvalue weighted by molar-refractivity contribution is 5.32. The van der Waals surface area contributed by atoms with Crippen LogP contribution in [0.25, 0.3) is 0 Å². The molecule has 0 radical (unpaired) electrons. The molecule has 0 aromatic carbocycles. The van der Waals surface area contributed by atoms with Crippen LogP contribution in [-0.4, -0.2) is 29.3 Å². The number of anilines is 1. The Bertz CT molecular complexity index is 404. The molecule has 0 spiro atoms. The standard InChI is InChI=1S/C9H15N3O3/c1-6(5-15-3)10-7-4-8(13)12(2)9(14)11-7/h4,6,10H,5H2,1-3H3,(H,11,14). The van der Waals surface area contributed by atoms with E-state index in [0.29, 0.717) is 12.4 Å². The summed E-state index contributed by atoms with van der Waals surface area (Å²) in [5, 5.41) is 2.96. The zero-order chi connectivity index (χ0) is 11.4. The van der Waals surface area contributed by atoms with E-state index >= 15 is 0 Å². The maximum Gasteiger partial charge on any atom is 0.329 e. The van der Waals surface area contributed by atoms with Crippen molar-refractivity contribution in [2.75, 3.05) is 19.0 Å². The van der Waals surface area contributed by atoms with Gasteiger partial charge >= 0.3 is 5.69 Å². The minimum absolute atomic E-state index is 0.0257. The molecular weight excluding hydrogens is 198 g/mol. The van der Waals surface area contributed by atoms with Gasteiger partial charge in [0.25, 0.3) is 5.56 Å². The third-order valence-electron chi connectivity index (χ3n) is 1.96. The monoisotopic (exact) mass is 213 g/mol. The van der Waals surface area contributed by atoms with E-state index in [4.69, 9.17) is 4.74 Å². The second-order valence-electron chi connectivity index (χ2n) is 3.39. The lowest BCUT2D eigenvalue weighted by molar-refractivity contribution is 0.190. The number of aromatic nitrogens is 2. The summed E-state index contributed by atoms with van der Waals surface area (Å²) >= 11 is 0. The fourth-order valence-corrected chi connectivity index (χ4v) is 1.19. The number of nitrogens with one attached hydrogen (secondary N) is 2. The number of H-pyrrole nitrogens is 1. The molecule has 0 saturated heterocycles. The molecule has 0 aliphatic carbocycles. The molecule has 0 amide bonds. The second-order valence-corrected chi connectivity index (χ2v) is 3.39. The molecule has 0 aliphatic rings. The third kappa shape index (κ3) is 2.95. The summed E-state index contributed by atoms with van der Waals surface area (Å²) in [4.78, 5) is 25.1. The number of methoxy groups -OCH3 is 1. The molecule has 1 aromatic rings. The van der Waals surface area contributed by atoms with Crippen LogP contribution in [0, 0.1) is 0 Å². The van der Waals surface area contributed by atoms with Crippen LogP contribution in [0.5, 0.6) is 0 Å². The van der Waals surface area contributed by atoms with Crippen molar-refractivity contribution in [2.24, 2.45) is 7.05 Å². The van der Waals surface area contributed by atoms with Gasteiger partial charge in [0.05, 0.1) is 6.61 Å². The smallest absolute Gasteiger partial charge is 0.329 e. The van der Waals surface area contributed by atoms with Crippen molar-refractivity contribution in [1.82, 2.24) is 9.55 Å². The normalized spacial score (nSPS) is 12.5. The third-order valence-corrected chi connectivity index (χ3v) is 1.96. The Balaban J connectivity index is 2.88. The molecule has 6 nitrogen and oxygen atoms in total. The Morgan fingerprint density at radius 2 is 2.27 bits per heavy atom. The van der Waals surface area contributed by atoms with Gasteiger partial charge in [0, 0.05) is 26.3 Å². The molecular formula is C9H15N3O3. The van der Waals surface area contributed by atoms with Crippen molar-refractivity contribution in [2.45, 2.75) is 13.0 Å². The van der Waals surface area contributed by atoms with Gasteiger partial charge < -0.3 is 10.1 Å². The van der Waals surface area contributed by atoms with Gasteiger partial charge in [-0.05, 0) is 6.92 Å². The maximum atomic E-state index is 11.3. The zero-order valence-electron chi connectivity index (χ0n) is 9.03. The second kappa shape index (κ2) is 4.79. The van der Waals surface area contributed by atoms with Crippen LogP contribution in [-0.2, 0) is 11.8 Å². The Kier molecular flexibility index (Phi) is 3.68. The fraction of sp³-hybridized carbons (Fsp3) is 0.556. The minimum atomic E-state index is -0.436. The Hall–Kier alpha value is -1.56. The number of nitrogens with zero attached hydrogens (tertiary/aromatic N) is 1.